The number of benzene rings is 2. The summed E-state index contributed by atoms with van der Waals surface area (Å²) in [4.78, 5) is 27.6. The highest BCUT2D eigenvalue weighted by atomic mass is 32.2. The Morgan fingerprint density at radius 3 is 2.41 bits per heavy atom. The molecule has 2 amide bonds. The lowest BCUT2D eigenvalue weighted by Crippen LogP contribution is -2.54. The van der Waals surface area contributed by atoms with Gasteiger partial charge in [-0.25, -0.2) is 4.79 Å². The number of carbonyl (C=O) groups excluding carboxylic acids is 2. The predicted molar refractivity (Wildman–Crippen MR) is 141 cm³/mol. The number of nitrogens with zero attached hydrogens (tertiary/aromatic N) is 3. The second-order valence-electron chi connectivity index (χ2n) is 10.1. The van der Waals surface area contributed by atoms with E-state index in [4.69, 9.17) is 4.74 Å². The first-order valence-corrected chi connectivity index (χ1v) is 13.7. The highest BCUT2D eigenvalue weighted by molar-refractivity contribution is 7.84. The van der Waals surface area contributed by atoms with Gasteiger partial charge in [0, 0.05) is 19.2 Å². The Balaban J connectivity index is 1.68. The van der Waals surface area contributed by atoms with Crippen molar-refractivity contribution in [1.82, 2.24) is 10.2 Å². The molecule has 0 bridgehead atoms. The van der Waals surface area contributed by atoms with Gasteiger partial charge in [-0.1, -0.05) is 30.3 Å². The van der Waals surface area contributed by atoms with Gasteiger partial charge in [0.15, 0.2) is 0 Å². The Morgan fingerprint density at radius 2 is 1.81 bits per heavy atom. The van der Waals surface area contributed by atoms with Gasteiger partial charge in [0.25, 0.3) is 0 Å². The second kappa shape index (κ2) is 12.0. The molecule has 1 aliphatic heterocycles. The molecule has 8 nitrogen and oxygen atoms in total. The van der Waals surface area contributed by atoms with Gasteiger partial charge in [0.05, 0.1) is 27.3 Å². The number of ether oxygens (including phenoxy) is 1. The molecular weight excluding hydrogens is 488 g/mol. The van der Waals surface area contributed by atoms with Crippen LogP contribution in [-0.2, 0) is 26.8 Å². The van der Waals surface area contributed by atoms with Crippen LogP contribution in [0.5, 0.6) is 0 Å². The topological polar surface area (TPSA) is 123 Å². The monoisotopic (exact) mass is 520 g/mol. The van der Waals surface area contributed by atoms with E-state index in [1.165, 1.54) is 4.90 Å². The van der Waals surface area contributed by atoms with Gasteiger partial charge >= 0.3 is 6.09 Å². The van der Waals surface area contributed by atoms with Gasteiger partial charge in [-0.2, -0.15) is 10.5 Å². The van der Waals surface area contributed by atoms with Crippen molar-refractivity contribution in [3.8, 4) is 23.3 Å². The molecule has 1 unspecified atom stereocenters. The molecule has 1 heterocycles. The number of piperidine rings is 1. The van der Waals surface area contributed by atoms with Crippen LogP contribution in [0.15, 0.2) is 47.4 Å². The van der Waals surface area contributed by atoms with Crippen molar-refractivity contribution >= 4 is 22.8 Å². The molecule has 1 N–H and O–H groups in total. The van der Waals surface area contributed by atoms with E-state index in [-0.39, 0.29) is 5.91 Å². The largest absolute Gasteiger partial charge is 0.444 e. The molecule has 3 rings (SSSR count). The minimum Gasteiger partial charge on any atom is -0.444 e. The summed E-state index contributed by atoms with van der Waals surface area (Å²) in [6.07, 6.45) is 3.46. The van der Waals surface area contributed by atoms with Crippen LogP contribution in [0.25, 0.3) is 11.1 Å². The SMILES string of the molecule is CS(=O)c1cc(-c2ccc(C[C@@H](C#N)NC(=O)[C@@H]3CCCCN3C(=O)OC(C)(C)C)cc2)ccc1C#N. The zero-order valence-corrected chi connectivity index (χ0v) is 22.4. The lowest BCUT2D eigenvalue weighted by atomic mass is 9.99. The maximum atomic E-state index is 13.1. The highest BCUT2D eigenvalue weighted by Gasteiger charge is 2.35. The Bertz CT molecular complexity index is 1250. The minimum atomic E-state index is -1.29. The van der Waals surface area contributed by atoms with Crippen LogP contribution in [0.4, 0.5) is 4.79 Å². The summed E-state index contributed by atoms with van der Waals surface area (Å²) in [6, 6.07) is 15.5. The maximum absolute atomic E-state index is 13.1. The molecule has 1 saturated heterocycles. The predicted octanol–water partition coefficient (Wildman–Crippen LogP) is 4.30. The summed E-state index contributed by atoms with van der Waals surface area (Å²) in [7, 11) is -1.29. The normalized spacial score (nSPS) is 17.1. The molecule has 2 aromatic rings. The molecule has 0 radical (unpaired) electrons. The smallest absolute Gasteiger partial charge is 0.410 e. The van der Waals surface area contributed by atoms with Gasteiger partial charge in [-0.05, 0) is 68.9 Å². The molecule has 9 heteroatoms. The third-order valence-corrected chi connectivity index (χ3v) is 7.00. The lowest BCUT2D eigenvalue weighted by molar-refractivity contribution is -0.128. The third kappa shape index (κ3) is 7.41. The zero-order chi connectivity index (χ0) is 27.2. The van der Waals surface area contributed by atoms with Crippen LogP contribution in [0.1, 0.15) is 51.2 Å². The molecule has 194 valence electrons. The molecule has 0 aliphatic carbocycles. The Morgan fingerprint density at radius 1 is 1.14 bits per heavy atom. The fraction of sp³-hybridized carbons (Fsp3) is 0.429. The summed E-state index contributed by atoms with van der Waals surface area (Å²) in [5.74, 6) is -0.355. The Hall–Kier alpha value is -3.69. The average Bonchev–Trinajstić information content (AvgIpc) is 2.87. The van der Waals surface area contributed by atoms with Gasteiger partial charge in [-0.15, -0.1) is 0 Å². The molecule has 37 heavy (non-hydrogen) atoms. The van der Waals surface area contributed by atoms with Gasteiger partial charge in [0.1, 0.15) is 23.8 Å². The summed E-state index contributed by atoms with van der Waals surface area (Å²) in [5, 5.41) is 21.7. The van der Waals surface area contributed by atoms with Crippen molar-refractivity contribution in [1.29, 1.82) is 10.5 Å². The fourth-order valence-electron chi connectivity index (χ4n) is 4.24. The van der Waals surface area contributed by atoms with E-state index in [0.717, 1.165) is 29.5 Å². The molecule has 1 fully saturated rings. The van der Waals surface area contributed by atoms with Crippen LogP contribution in [-0.4, -0.2) is 51.6 Å². The molecular formula is C28H32N4O4S. The van der Waals surface area contributed by atoms with E-state index in [0.29, 0.717) is 29.8 Å². The van der Waals surface area contributed by atoms with Crippen LogP contribution < -0.4 is 5.32 Å². The lowest BCUT2D eigenvalue weighted by Gasteiger charge is -2.36. The van der Waals surface area contributed by atoms with E-state index >= 15 is 0 Å². The number of carbonyl (C=O) groups is 2. The molecule has 0 saturated carbocycles. The van der Waals surface area contributed by atoms with Crippen molar-refractivity contribution in [3.05, 3.63) is 53.6 Å². The van der Waals surface area contributed by atoms with E-state index < -0.39 is 34.6 Å². The summed E-state index contributed by atoms with van der Waals surface area (Å²) < 4.78 is 17.5. The number of hydrogen-bond acceptors (Lipinski definition) is 6. The number of nitrogens with one attached hydrogen (secondary N) is 1. The van der Waals surface area contributed by atoms with Gasteiger partial charge in [-0.3, -0.25) is 13.9 Å². The average molecular weight is 521 g/mol. The molecule has 0 spiro atoms. The van der Waals surface area contributed by atoms with E-state index in [2.05, 4.69) is 17.5 Å². The first kappa shape index (κ1) is 27.9. The number of likely N-dealkylation sites (tertiary alicyclic amines) is 1. The van der Waals surface area contributed by atoms with Crippen molar-refractivity contribution in [3.63, 3.8) is 0 Å². The molecule has 2 aromatic carbocycles. The standard InChI is InChI=1S/C28H32N4O4S/c1-28(2,3)36-27(34)32-14-6-5-7-24(32)26(33)31-23(18-30)15-19-8-10-20(11-9-19)21-12-13-22(17-29)25(16-21)37(4)35/h8-13,16,23-24H,5-7,14-15H2,1-4H3,(H,31,33)/t23-,24-,37?/m0/s1. The maximum Gasteiger partial charge on any atom is 0.410 e. The van der Waals surface area contributed by atoms with Gasteiger partial charge < -0.3 is 10.1 Å². The number of amides is 2. The summed E-state index contributed by atoms with van der Waals surface area (Å²) in [5.41, 5.74) is 2.30. The van der Waals surface area contributed by atoms with Crippen molar-refractivity contribution in [2.75, 3.05) is 12.8 Å². The minimum absolute atomic E-state index is 0.305. The highest BCUT2D eigenvalue weighted by Crippen LogP contribution is 2.25. The second-order valence-corrected chi connectivity index (χ2v) is 11.4. The van der Waals surface area contributed by atoms with Crippen molar-refractivity contribution in [2.24, 2.45) is 0 Å². The van der Waals surface area contributed by atoms with Crippen LogP contribution in [0.2, 0.25) is 0 Å². The third-order valence-electron chi connectivity index (χ3n) is 6.04. The van der Waals surface area contributed by atoms with Crippen LogP contribution in [0, 0.1) is 22.7 Å². The van der Waals surface area contributed by atoms with E-state index in [1.54, 1.807) is 39.2 Å². The molecule has 3 atom stereocenters. The van der Waals surface area contributed by atoms with Crippen LogP contribution >= 0.6 is 0 Å². The summed E-state index contributed by atoms with van der Waals surface area (Å²) in [6.45, 7) is 5.79. The van der Waals surface area contributed by atoms with Gasteiger partial charge in [0.2, 0.25) is 5.91 Å². The Kier molecular flexibility index (Phi) is 9.07. The molecule has 1 aliphatic rings. The number of rotatable bonds is 6. The number of nitriles is 2. The first-order valence-electron chi connectivity index (χ1n) is 12.2. The quantitative estimate of drug-likeness (QED) is 0.606. The van der Waals surface area contributed by atoms with Crippen molar-refractivity contribution in [2.45, 2.75) is 69.0 Å². The van der Waals surface area contributed by atoms with Crippen molar-refractivity contribution < 1.29 is 18.5 Å². The van der Waals surface area contributed by atoms with E-state index in [9.17, 15) is 24.3 Å². The van der Waals surface area contributed by atoms with Crippen LogP contribution in [0.3, 0.4) is 0 Å². The first-order chi connectivity index (χ1) is 17.5. The summed E-state index contributed by atoms with van der Waals surface area (Å²) >= 11 is 0. The number of hydrogen-bond donors (Lipinski definition) is 1. The Labute approximate surface area is 220 Å². The molecule has 0 aromatic heterocycles. The fourth-order valence-corrected chi connectivity index (χ4v) is 4.96. The van der Waals surface area contributed by atoms with E-state index in [1.807, 2.05) is 30.3 Å². The zero-order valence-electron chi connectivity index (χ0n) is 21.6.